The van der Waals surface area contributed by atoms with E-state index in [-0.39, 0.29) is 42.2 Å². The van der Waals surface area contributed by atoms with Gasteiger partial charge in [-0.3, -0.25) is 24.1 Å². The molecule has 5 N–H and O–H groups in total. The topological polar surface area (TPSA) is 178 Å². The molecule has 0 aliphatic heterocycles. The van der Waals surface area contributed by atoms with E-state index >= 15 is 0 Å². The molecule has 1 heterocycles. The number of phenolic OH excluding ortho intramolecular Hbond substituents is 1. The molecule has 0 radical (unpaired) electrons. The van der Waals surface area contributed by atoms with Crippen LogP contribution in [0.2, 0.25) is 0 Å². The van der Waals surface area contributed by atoms with E-state index in [0.717, 1.165) is 6.92 Å². The van der Waals surface area contributed by atoms with Gasteiger partial charge in [-0.15, -0.1) is 0 Å². The minimum absolute atomic E-state index is 0.00915. The SMILES string of the molecule is CC(=O)C1=C(O)[C@@H](N(C)C)[C@@H]2C[C@@H]3Cc4c(-c5cccc(C(=O)NCc6ccco6)c5)ccc(O)c4C(=O)C3=C(O)[C@]2(O)C1=O. The summed E-state index contributed by atoms with van der Waals surface area (Å²) in [6, 6.07) is 12.2. The van der Waals surface area contributed by atoms with E-state index in [0.29, 0.717) is 28.0 Å². The quantitative estimate of drug-likeness (QED) is 0.259. The fraction of sp³-hybridized carbons (Fsp3) is 0.294. The van der Waals surface area contributed by atoms with E-state index in [1.165, 1.54) is 12.3 Å². The number of ketones is 3. The van der Waals surface area contributed by atoms with Crippen LogP contribution in [0, 0.1) is 11.8 Å². The molecule has 6 rings (SSSR count). The average molecular weight is 613 g/mol. The Bertz CT molecular complexity index is 1840. The van der Waals surface area contributed by atoms with Crippen molar-refractivity contribution in [3.63, 3.8) is 0 Å². The van der Waals surface area contributed by atoms with E-state index in [4.69, 9.17) is 4.42 Å². The van der Waals surface area contributed by atoms with Crippen molar-refractivity contribution in [2.24, 2.45) is 11.8 Å². The number of aliphatic hydroxyl groups is 3. The van der Waals surface area contributed by atoms with Crippen LogP contribution < -0.4 is 5.32 Å². The minimum Gasteiger partial charge on any atom is -0.510 e. The number of likely N-dealkylation sites (N-methyl/N-ethyl adjacent to an activating group) is 1. The summed E-state index contributed by atoms with van der Waals surface area (Å²) in [6.45, 7) is 1.27. The smallest absolute Gasteiger partial charge is 0.251 e. The fourth-order valence-corrected chi connectivity index (χ4v) is 7.13. The minimum atomic E-state index is -2.63. The van der Waals surface area contributed by atoms with Gasteiger partial charge in [-0.25, -0.2) is 0 Å². The number of aromatic hydroxyl groups is 1. The lowest BCUT2D eigenvalue weighted by Gasteiger charge is -2.50. The zero-order chi connectivity index (χ0) is 32.4. The van der Waals surface area contributed by atoms with Gasteiger partial charge >= 0.3 is 0 Å². The number of carbonyl (C=O) groups is 4. The van der Waals surface area contributed by atoms with Crippen molar-refractivity contribution < 1.29 is 44.0 Å². The van der Waals surface area contributed by atoms with E-state index < -0.39 is 57.9 Å². The van der Waals surface area contributed by atoms with Crippen LogP contribution in [0.4, 0.5) is 0 Å². The Kier molecular flexibility index (Phi) is 7.25. The average Bonchev–Trinajstić information content (AvgIpc) is 3.51. The number of amides is 1. The molecular weight excluding hydrogens is 580 g/mol. The highest BCUT2D eigenvalue weighted by Gasteiger charge is 2.63. The summed E-state index contributed by atoms with van der Waals surface area (Å²) in [4.78, 5) is 54.5. The largest absolute Gasteiger partial charge is 0.510 e. The summed E-state index contributed by atoms with van der Waals surface area (Å²) in [5, 5.41) is 48.1. The summed E-state index contributed by atoms with van der Waals surface area (Å²) in [5.74, 6) is -5.95. The summed E-state index contributed by atoms with van der Waals surface area (Å²) >= 11 is 0. The first-order valence-corrected chi connectivity index (χ1v) is 14.5. The van der Waals surface area contributed by atoms with Gasteiger partial charge in [0, 0.05) is 17.1 Å². The van der Waals surface area contributed by atoms with Gasteiger partial charge in [-0.2, -0.15) is 0 Å². The first-order valence-electron chi connectivity index (χ1n) is 14.5. The Morgan fingerprint density at radius 2 is 1.82 bits per heavy atom. The molecule has 0 bridgehead atoms. The molecule has 2 aromatic carbocycles. The highest BCUT2D eigenvalue weighted by molar-refractivity contribution is 6.25. The van der Waals surface area contributed by atoms with Crippen molar-refractivity contribution in [1.29, 1.82) is 0 Å². The number of nitrogens with one attached hydrogen (secondary N) is 1. The van der Waals surface area contributed by atoms with Crippen LogP contribution in [0.1, 0.15) is 45.4 Å². The molecule has 0 saturated heterocycles. The Morgan fingerprint density at radius 1 is 1.07 bits per heavy atom. The summed E-state index contributed by atoms with van der Waals surface area (Å²) in [7, 11) is 3.22. The van der Waals surface area contributed by atoms with Gasteiger partial charge in [0.1, 0.15) is 28.6 Å². The molecule has 0 unspecified atom stereocenters. The predicted molar refractivity (Wildman–Crippen MR) is 160 cm³/mol. The first kappa shape index (κ1) is 30.0. The number of fused-ring (bicyclic) bond motifs is 3. The van der Waals surface area contributed by atoms with Crippen LogP contribution in [-0.2, 0) is 22.6 Å². The Labute approximate surface area is 258 Å². The van der Waals surface area contributed by atoms with Crippen LogP contribution in [0.5, 0.6) is 5.75 Å². The highest BCUT2D eigenvalue weighted by Crippen LogP contribution is 2.53. The molecule has 1 amide bonds. The fourth-order valence-electron chi connectivity index (χ4n) is 7.13. The standard InChI is InChI=1S/C34H32N2O9/c1-16(37)25-30(40)28(36(2)3)23-14-19-13-22-21(17-6-4-7-18(12-17)33(43)35-15-20-8-5-11-45-20)9-10-24(38)27(22)29(39)26(19)32(42)34(23,44)31(25)41/h4-12,19,23,28,38,40,42,44H,13-15H2,1-3H3,(H,35,43)/t19-,23-,28-,34+/m0/s1. The number of nitrogens with zero attached hydrogens (tertiary/aromatic N) is 1. The normalized spacial score (nSPS) is 24.3. The van der Waals surface area contributed by atoms with Gasteiger partial charge in [0.2, 0.25) is 5.78 Å². The zero-order valence-corrected chi connectivity index (χ0v) is 24.8. The number of aliphatic hydroxyl groups excluding tert-OH is 2. The number of allylic oxidation sites excluding steroid dienone is 1. The molecule has 1 aromatic heterocycles. The van der Waals surface area contributed by atoms with E-state index in [1.807, 2.05) is 0 Å². The van der Waals surface area contributed by atoms with Gasteiger partial charge in [0.05, 0.1) is 24.4 Å². The van der Waals surface area contributed by atoms with Crippen LogP contribution in [0.15, 0.2) is 81.9 Å². The molecule has 45 heavy (non-hydrogen) atoms. The Balaban J connectivity index is 1.42. The van der Waals surface area contributed by atoms with Crippen LogP contribution in [0.25, 0.3) is 11.1 Å². The number of Topliss-reactive ketones (excluding diaryl/α,β-unsaturated/α-hetero) is 3. The van der Waals surface area contributed by atoms with E-state index in [1.54, 1.807) is 61.5 Å². The molecular formula is C34H32N2O9. The molecule has 3 aliphatic rings. The molecule has 0 fully saturated rings. The number of phenols is 1. The molecule has 232 valence electrons. The van der Waals surface area contributed by atoms with Crippen molar-refractivity contribution >= 4 is 23.3 Å². The number of benzene rings is 2. The summed E-state index contributed by atoms with van der Waals surface area (Å²) in [5.41, 5.74) is -1.52. The first-order chi connectivity index (χ1) is 21.4. The molecule has 4 atom stereocenters. The van der Waals surface area contributed by atoms with E-state index in [2.05, 4.69) is 5.32 Å². The van der Waals surface area contributed by atoms with Gasteiger partial charge in [0.15, 0.2) is 17.2 Å². The lowest BCUT2D eigenvalue weighted by Crippen LogP contribution is -2.63. The summed E-state index contributed by atoms with van der Waals surface area (Å²) < 4.78 is 5.27. The number of furan rings is 1. The molecule has 0 saturated carbocycles. The lowest BCUT2D eigenvalue weighted by atomic mass is 9.58. The van der Waals surface area contributed by atoms with Gasteiger partial charge < -0.3 is 30.2 Å². The summed E-state index contributed by atoms with van der Waals surface area (Å²) in [6.07, 6.45) is 1.67. The number of rotatable bonds is 6. The predicted octanol–water partition coefficient (Wildman–Crippen LogP) is 3.41. The molecule has 3 aromatic rings. The second-order valence-electron chi connectivity index (χ2n) is 12.0. The number of hydrogen-bond donors (Lipinski definition) is 5. The zero-order valence-electron chi connectivity index (χ0n) is 24.8. The molecule has 0 spiro atoms. The Morgan fingerprint density at radius 3 is 2.49 bits per heavy atom. The third kappa shape index (κ3) is 4.58. The van der Waals surface area contributed by atoms with Gasteiger partial charge in [-0.1, -0.05) is 18.2 Å². The second kappa shape index (κ2) is 10.9. The maximum atomic E-state index is 14.0. The highest BCUT2D eigenvalue weighted by atomic mass is 16.3. The lowest BCUT2D eigenvalue weighted by molar-refractivity contribution is -0.148. The van der Waals surface area contributed by atoms with Crippen molar-refractivity contribution in [1.82, 2.24) is 10.2 Å². The molecule has 11 heteroatoms. The van der Waals surface area contributed by atoms with Crippen molar-refractivity contribution in [2.75, 3.05) is 14.1 Å². The Hall–Kier alpha value is -5.00. The maximum absolute atomic E-state index is 14.0. The monoisotopic (exact) mass is 612 g/mol. The number of carbonyl (C=O) groups excluding carboxylic acids is 4. The third-order valence-corrected chi connectivity index (χ3v) is 9.15. The van der Waals surface area contributed by atoms with Gasteiger partial charge in [0.25, 0.3) is 5.91 Å². The maximum Gasteiger partial charge on any atom is 0.251 e. The van der Waals surface area contributed by atoms with E-state index in [9.17, 15) is 39.6 Å². The van der Waals surface area contributed by atoms with Crippen LogP contribution in [0.3, 0.4) is 0 Å². The molecule has 3 aliphatic carbocycles. The third-order valence-electron chi connectivity index (χ3n) is 9.15. The van der Waals surface area contributed by atoms with Crippen LogP contribution >= 0.6 is 0 Å². The molecule has 11 nitrogen and oxygen atoms in total. The number of hydrogen-bond acceptors (Lipinski definition) is 10. The van der Waals surface area contributed by atoms with Crippen LogP contribution in [-0.4, -0.2) is 74.3 Å². The van der Waals surface area contributed by atoms with Crippen molar-refractivity contribution in [3.8, 4) is 16.9 Å². The second-order valence-corrected chi connectivity index (χ2v) is 12.0. The van der Waals surface area contributed by atoms with Crippen molar-refractivity contribution in [2.45, 2.75) is 38.0 Å². The van der Waals surface area contributed by atoms with Crippen molar-refractivity contribution in [3.05, 3.63) is 99.9 Å². The van der Waals surface area contributed by atoms with Gasteiger partial charge in [-0.05, 0) is 86.8 Å².